The van der Waals surface area contributed by atoms with Gasteiger partial charge < -0.3 is 15.0 Å². The van der Waals surface area contributed by atoms with Crippen LogP contribution in [0.5, 0.6) is 0 Å². The molecule has 1 saturated carbocycles. The van der Waals surface area contributed by atoms with E-state index < -0.39 is 0 Å². The molecule has 1 unspecified atom stereocenters. The van der Waals surface area contributed by atoms with Crippen molar-refractivity contribution < 1.29 is 9.13 Å². The maximum Gasteiger partial charge on any atom is 0.148 e. The van der Waals surface area contributed by atoms with Gasteiger partial charge in [-0.25, -0.2) is 4.39 Å². The summed E-state index contributed by atoms with van der Waals surface area (Å²) in [6, 6.07) is 4.35. The summed E-state index contributed by atoms with van der Waals surface area (Å²) in [5, 5.41) is 12.2. The summed E-state index contributed by atoms with van der Waals surface area (Å²) in [5.41, 5.74) is 1.45. The van der Waals surface area contributed by atoms with Crippen LogP contribution >= 0.6 is 0 Å². The number of halogens is 1. The summed E-state index contributed by atoms with van der Waals surface area (Å²) in [6.07, 6.45) is 8.21. The van der Waals surface area contributed by atoms with E-state index in [0.29, 0.717) is 11.7 Å². The van der Waals surface area contributed by atoms with Crippen LogP contribution in [0.1, 0.15) is 45.2 Å². The van der Waals surface area contributed by atoms with Gasteiger partial charge in [0.05, 0.1) is 11.5 Å². The number of ether oxygens (including phenoxy) is 1. The number of aromatic nitrogens is 2. The molecule has 6 heteroatoms. The van der Waals surface area contributed by atoms with Gasteiger partial charge in [0, 0.05) is 44.5 Å². The molecule has 29 heavy (non-hydrogen) atoms. The fourth-order valence-corrected chi connectivity index (χ4v) is 5.25. The molecule has 3 heterocycles. The first-order chi connectivity index (χ1) is 14.1. The number of fused-ring (bicyclic) bond motifs is 1. The van der Waals surface area contributed by atoms with Gasteiger partial charge >= 0.3 is 0 Å². The van der Waals surface area contributed by atoms with E-state index in [1.807, 2.05) is 25.1 Å². The molecule has 0 bridgehead atoms. The highest BCUT2D eigenvalue weighted by atomic mass is 19.1. The van der Waals surface area contributed by atoms with Crippen molar-refractivity contribution in [3.05, 3.63) is 35.8 Å². The summed E-state index contributed by atoms with van der Waals surface area (Å²) < 4.78 is 18.7. The van der Waals surface area contributed by atoms with Crippen LogP contribution in [0, 0.1) is 17.8 Å². The zero-order chi connectivity index (χ0) is 20.2. The third-order valence-corrected chi connectivity index (χ3v) is 6.66. The molecule has 0 aromatic carbocycles. The van der Waals surface area contributed by atoms with Crippen molar-refractivity contribution in [2.45, 2.75) is 45.6 Å². The number of rotatable bonds is 6. The minimum atomic E-state index is -0.231. The molecular weight excluding hydrogens is 367 g/mol. The summed E-state index contributed by atoms with van der Waals surface area (Å²) in [4.78, 5) is 2.69. The number of anilines is 1. The number of hydrogen-bond acceptors (Lipinski definition) is 5. The fraction of sp³-hybridized carbons (Fsp3) is 0.652. The molecule has 4 rings (SSSR count). The van der Waals surface area contributed by atoms with Crippen LogP contribution in [0.15, 0.2) is 30.1 Å². The SMILES string of the molecule is C/C=C(\C=C(/C)F)c1ccc(NC2C[C@@H]3CN(CC4CCOCC4)C[C@@H]3C2)nn1. The molecule has 5 nitrogen and oxygen atoms in total. The van der Waals surface area contributed by atoms with E-state index in [1.54, 1.807) is 0 Å². The molecule has 1 aliphatic carbocycles. The number of allylic oxidation sites excluding steroid dienone is 4. The maximum absolute atomic E-state index is 13.2. The van der Waals surface area contributed by atoms with Crippen LogP contribution < -0.4 is 5.32 Å². The lowest BCUT2D eigenvalue weighted by Crippen LogP contribution is -2.32. The van der Waals surface area contributed by atoms with E-state index in [9.17, 15) is 4.39 Å². The lowest BCUT2D eigenvalue weighted by Gasteiger charge is -2.27. The van der Waals surface area contributed by atoms with Crippen molar-refractivity contribution in [2.75, 3.05) is 38.2 Å². The lowest BCUT2D eigenvalue weighted by molar-refractivity contribution is 0.0545. The molecule has 3 fully saturated rings. The molecule has 1 aromatic rings. The van der Waals surface area contributed by atoms with Crippen molar-refractivity contribution in [3.8, 4) is 0 Å². The molecule has 2 aliphatic heterocycles. The molecule has 2 saturated heterocycles. The van der Waals surface area contributed by atoms with E-state index in [1.165, 1.54) is 58.3 Å². The maximum atomic E-state index is 13.2. The third kappa shape index (κ3) is 5.23. The van der Waals surface area contributed by atoms with Gasteiger partial charge in [-0.3, -0.25) is 0 Å². The van der Waals surface area contributed by atoms with E-state index in [4.69, 9.17) is 4.74 Å². The van der Waals surface area contributed by atoms with Crippen LogP contribution in [0.2, 0.25) is 0 Å². The van der Waals surface area contributed by atoms with Gasteiger partial charge in [-0.05, 0) is 75.5 Å². The molecule has 3 aliphatic rings. The molecule has 1 N–H and O–H groups in total. The van der Waals surface area contributed by atoms with E-state index in [0.717, 1.165) is 42.4 Å². The van der Waals surface area contributed by atoms with Crippen LogP contribution in [0.25, 0.3) is 5.57 Å². The van der Waals surface area contributed by atoms with Gasteiger partial charge in [-0.2, -0.15) is 0 Å². The Balaban J connectivity index is 1.27. The highest BCUT2D eigenvalue weighted by molar-refractivity contribution is 5.71. The largest absolute Gasteiger partial charge is 0.381 e. The molecule has 0 amide bonds. The zero-order valence-electron chi connectivity index (χ0n) is 17.6. The lowest BCUT2D eigenvalue weighted by atomic mass is 10.00. The number of likely N-dealkylation sites (tertiary alicyclic amines) is 1. The topological polar surface area (TPSA) is 50.3 Å². The second kappa shape index (κ2) is 9.35. The van der Waals surface area contributed by atoms with Gasteiger partial charge in [0.15, 0.2) is 0 Å². The monoisotopic (exact) mass is 400 g/mol. The molecule has 158 valence electrons. The standard InChI is InChI=1S/C23H33FN4O/c1-3-18(10-16(2)24)22-4-5-23(27-26-22)25-21-11-19-14-28(15-20(19)12-21)13-17-6-8-29-9-7-17/h3-5,10,17,19-21H,6-9,11-15H2,1-2H3,(H,25,27)/b16-10+,18-3+/t19-,20+,21?. The Morgan fingerprint density at radius 3 is 2.52 bits per heavy atom. The first-order valence-electron chi connectivity index (χ1n) is 11.0. The quantitative estimate of drug-likeness (QED) is 0.722. The normalized spacial score (nSPS) is 29.3. The predicted octanol–water partition coefficient (Wildman–Crippen LogP) is 4.30. The van der Waals surface area contributed by atoms with Crippen molar-refractivity contribution >= 4 is 11.4 Å². The fourth-order valence-electron chi connectivity index (χ4n) is 5.25. The smallest absolute Gasteiger partial charge is 0.148 e. The van der Waals surface area contributed by atoms with Crippen LogP contribution in [-0.4, -0.2) is 54.0 Å². The highest BCUT2D eigenvalue weighted by Crippen LogP contribution is 2.39. The Hall–Kier alpha value is -1.79. The zero-order valence-corrected chi connectivity index (χ0v) is 17.6. The van der Waals surface area contributed by atoms with E-state index in [2.05, 4.69) is 20.4 Å². The second-order valence-corrected chi connectivity index (χ2v) is 8.89. The first-order valence-corrected chi connectivity index (χ1v) is 11.0. The Morgan fingerprint density at radius 1 is 1.21 bits per heavy atom. The first kappa shape index (κ1) is 20.5. The minimum Gasteiger partial charge on any atom is -0.381 e. The summed E-state index contributed by atoms with van der Waals surface area (Å²) in [6.45, 7) is 8.93. The minimum absolute atomic E-state index is 0.231. The van der Waals surface area contributed by atoms with E-state index >= 15 is 0 Å². The second-order valence-electron chi connectivity index (χ2n) is 8.89. The van der Waals surface area contributed by atoms with Crippen LogP contribution in [0.4, 0.5) is 10.2 Å². The molecule has 0 spiro atoms. The van der Waals surface area contributed by atoms with Gasteiger partial charge in [0.2, 0.25) is 0 Å². The summed E-state index contributed by atoms with van der Waals surface area (Å²) in [5.74, 6) is 3.00. The number of nitrogens with zero attached hydrogens (tertiary/aromatic N) is 3. The average molecular weight is 401 g/mol. The molecule has 3 atom stereocenters. The number of hydrogen-bond donors (Lipinski definition) is 1. The van der Waals surface area contributed by atoms with Crippen molar-refractivity contribution in [3.63, 3.8) is 0 Å². The van der Waals surface area contributed by atoms with Crippen molar-refractivity contribution in [2.24, 2.45) is 17.8 Å². The predicted molar refractivity (Wildman–Crippen MR) is 114 cm³/mol. The molecule has 0 radical (unpaired) electrons. The van der Waals surface area contributed by atoms with Crippen LogP contribution in [0.3, 0.4) is 0 Å². The van der Waals surface area contributed by atoms with E-state index in [-0.39, 0.29) is 5.83 Å². The van der Waals surface area contributed by atoms with Gasteiger partial charge in [-0.15, -0.1) is 10.2 Å². The Bertz CT molecular complexity index is 724. The Kier molecular flexibility index (Phi) is 6.60. The molecule has 1 aromatic heterocycles. The number of nitrogens with one attached hydrogen (secondary N) is 1. The summed E-state index contributed by atoms with van der Waals surface area (Å²) >= 11 is 0. The third-order valence-electron chi connectivity index (χ3n) is 6.66. The summed E-state index contributed by atoms with van der Waals surface area (Å²) in [7, 11) is 0. The van der Waals surface area contributed by atoms with Crippen LogP contribution in [-0.2, 0) is 4.74 Å². The van der Waals surface area contributed by atoms with Crippen molar-refractivity contribution in [1.29, 1.82) is 0 Å². The average Bonchev–Trinajstić information content (AvgIpc) is 3.25. The molecular formula is C23H33FN4O. The van der Waals surface area contributed by atoms with Gasteiger partial charge in [0.25, 0.3) is 0 Å². The highest BCUT2D eigenvalue weighted by Gasteiger charge is 2.41. The van der Waals surface area contributed by atoms with Gasteiger partial charge in [0.1, 0.15) is 5.82 Å². The Morgan fingerprint density at radius 2 is 1.93 bits per heavy atom. The van der Waals surface area contributed by atoms with Gasteiger partial charge in [-0.1, -0.05) is 6.08 Å². The van der Waals surface area contributed by atoms with Crippen molar-refractivity contribution in [1.82, 2.24) is 15.1 Å². The Labute approximate surface area is 173 Å².